The number of amides is 2. The molecule has 3 rings (SSSR count). The SMILES string of the molecule is CCOc1ccc(/C=C/C(=O)N2CCN(C(=O)CCCc3ccccc3)CC2)cc1OCC. The molecule has 1 aliphatic rings. The molecule has 0 spiro atoms. The average molecular weight is 451 g/mol. The quantitative estimate of drug-likeness (QED) is 0.509. The van der Waals surface area contributed by atoms with Crippen molar-refractivity contribution in [3.8, 4) is 11.5 Å². The zero-order valence-corrected chi connectivity index (χ0v) is 19.7. The fraction of sp³-hybridized carbons (Fsp3) is 0.407. The van der Waals surface area contributed by atoms with Gasteiger partial charge in [-0.3, -0.25) is 9.59 Å². The van der Waals surface area contributed by atoms with Gasteiger partial charge in [0, 0.05) is 38.7 Å². The number of carbonyl (C=O) groups is 2. The van der Waals surface area contributed by atoms with E-state index in [1.165, 1.54) is 5.56 Å². The van der Waals surface area contributed by atoms with Gasteiger partial charge in [-0.2, -0.15) is 0 Å². The van der Waals surface area contributed by atoms with Gasteiger partial charge in [0.05, 0.1) is 13.2 Å². The van der Waals surface area contributed by atoms with Crippen LogP contribution >= 0.6 is 0 Å². The van der Waals surface area contributed by atoms with Crippen LogP contribution in [0.4, 0.5) is 0 Å². The molecule has 0 aliphatic carbocycles. The number of carbonyl (C=O) groups excluding carboxylic acids is 2. The minimum Gasteiger partial charge on any atom is -0.490 e. The first-order chi connectivity index (χ1) is 16.1. The second-order valence-electron chi connectivity index (χ2n) is 7.95. The number of nitrogens with zero attached hydrogens (tertiary/aromatic N) is 2. The normalized spacial score (nSPS) is 13.9. The molecule has 2 amide bonds. The molecule has 0 bridgehead atoms. The Morgan fingerprint density at radius 1 is 0.879 bits per heavy atom. The number of hydrogen-bond acceptors (Lipinski definition) is 4. The van der Waals surface area contributed by atoms with Crippen molar-refractivity contribution in [1.29, 1.82) is 0 Å². The lowest BCUT2D eigenvalue weighted by Crippen LogP contribution is -2.50. The van der Waals surface area contributed by atoms with Gasteiger partial charge in [-0.1, -0.05) is 36.4 Å². The van der Waals surface area contributed by atoms with Gasteiger partial charge in [-0.25, -0.2) is 0 Å². The topological polar surface area (TPSA) is 59.1 Å². The molecule has 2 aromatic rings. The standard InChI is InChI=1S/C27H34N2O4/c1-3-32-24-15-13-23(21-25(24)33-4-2)14-16-27(31)29-19-17-28(18-20-29)26(30)12-8-11-22-9-6-5-7-10-22/h5-7,9-10,13-16,21H,3-4,8,11-12,17-20H2,1-2H3/b16-14+. The lowest BCUT2D eigenvalue weighted by molar-refractivity contribution is -0.137. The van der Waals surface area contributed by atoms with Crippen molar-refractivity contribution in [2.24, 2.45) is 0 Å². The summed E-state index contributed by atoms with van der Waals surface area (Å²) in [7, 11) is 0. The minimum absolute atomic E-state index is 0.0435. The van der Waals surface area contributed by atoms with Crippen LogP contribution in [-0.4, -0.2) is 61.0 Å². The van der Waals surface area contributed by atoms with Gasteiger partial charge in [0.2, 0.25) is 11.8 Å². The summed E-state index contributed by atoms with van der Waals surface area (Å²) >= 11 is 0. The molecule has 6 heteroatoms. The second-order valence-corrected chi connectivity index (χ2v) is 7.95. The van der Waals surface area contributed by atoms with E-state index in [2.05, 4.69) is 12.1 Å². The third kappa shape index (κ3) is 7.38. The smallest absolute Gasteiger partial charge is 0.246 e. The summed E-state index contributed by atoms with van der Waals surface area (Å²) in [5.74, 6) is 1.50. The van der Waals surface area contributed by atoms with Crippen LogP contribution in [0, 0.1) is 0 Å². The maximum atomic E-state index is 12.6. The first-order valence-corrected chi connectivity index (χ1v) is 11.8. The largest absolute Gasteiger partial charge is 0.490 e. The summed E-state index contributed by atoms with van der Waals surface area (Å²) in [6.45, 7) is 7.25. The van der Waals surface area contributed by atoms with Crippen LogP contribution in [0.1, 0.15) is 37.8 Å². The number of rotatable bonds is 10. The highest BCUT2D eigenvalue weighted by Crippen LogP contribution is 2.29. The van der Waals surface area contributed by atoms with Gasteiger partial charge >= 0.3 is 0 Å². The Hall–Kier alpha value is -3.28. The van der Waals surface area contributed by atoms with E-state index >= 15 is 0 Å². The molecule has 6 nitrogen and oxygen atoms in total. The maximum Gasteiger partial charge on any atom is 0.246 e. The predicted molar refractivity (Wildman–Crippen MR) is 130 cm³/mol. The van der Waals surface area contributed by atoms with Crippen LogP contribution in [0.5, 0.6) is 11.5 Å². The molecule has 0 atom stereocenters. The van der Waals surface area contributed by atoms with E-state index < -0.39 is 0 Å². The van der Waals surface area contributed by atoms with Crippen LogP contribution < -0.4 is 9.47 Å². The lowest BCUT2D eigenvalue weighted by Gasteiger charge is -2.34. The van der Waals surface area contributed by atoms with E-state index in [0.29, 0.717) is 57.3 Å². The zero-order valence-electron chi connectivity index (χ0n) is 19.7. The third-order valence-corrected chi connectivity index (χ3v) is 5.63. The zero-order chi connectivity index (χ0) is 23.5. The van der Waals surface area contributed by atoms with Crippen molar-refractivity contribution < 1.29 is 19.1 Å². The third-order valence-electron chi connectivity index (χ3n) is 5.63. The Labute approximate surface area is 196 Å². The number of ether oxygens (including phenoxy) is 2. The number of piperazine rings is 1. The molecule has 2 aromatic carbocycles. The van der Waals surface area contributed by atoms with Crippen molar-refractivity contribution in [1.82, 2.24) is 9.80 Å². The summed E-state index contributed by atoms with van der Waals surface area (Å²) in [6, 6.07) is 15.9. The fourth-order valence-corrected chi connectivity index (χ4v) is 3.87. The summed E-state index contributed by atoms with van der Waals surface area (Å²) < 4.78 is 11.2. The summed E-state index contributed by atoms with van der Waals surface area (Å²) in [4.78, 5) is 28.8. The van der Waals surface area contributed by atoms with Crippen molar-refractivity contribution in [3.05, 3.63) is 65.7 Å². The predicted octanol–water partition coefficient (Wildman–Crippen LogP) is 4.19. The van der Waals surface area contributed by atoms with E-state index in [1.54, 1.807) is 17.1 Å². The van der Waals surface area contributed by atoms with Gasteiger partial charge in [-0.15, -0.1) is 0 Å². The molecule has 0 unspecified atom stereocenters. The maximum absolute atomic E-state index is 12.6. The fourth-order valence-electron chi connectivity index (χ4n) is 3.87. The van der Waals surface area contributed by atoms with Crippen LogP contribution in [0.25, 0.3) is 6.08 Å². The lowest BCUT2D eigenvalue weighted by atomic mass is 10.1. The number of aryl methyl sites for hydroxylation is 1. The Morgan fingerprint density at radius 2 is 1.55 bits per heavy atom. The molecule has 0 saturated carbocycles. The van der Waals surface area contributed by atoms with Crippen LogP contribution in [0.3, 0.4) is 0 Å². The van der Waals surface area contributed by atoms with E-state index in [0.717, 1.165) is 18.4 Å². The van der Waals surface area contributed by atoms with Gasteiger partial charge in [0.15, 0.2) is 11.5 Å². The summed E-state index contributed by atoms with van der Waals surface area (Å²) in [6.07, 6.45) is 5.68. The monoisotopic (exact) mass is 450 g/mol. The molecule has 0 radical (unpaired) electrons. The highest BCUT2D eigenvalue weighted by atomic mass is 16.5. The highest BCUT2D eigenvalue weighted by molar-refractivity contribution is 5.92. The number of benzene rings is 2. The second kappa shape index (κ2) is 12.7. The molecular weight excluding hydrogens is 416 g/mol. The molecule has 1 aliphatic heterocycles. The van der Waals surface area contributed by atoms with Gasteiger partial charge < -0.3 is 19.3 Å². The molecule has 33 heavy (non-hydrogen) atoms. The molecule has 1 fully saturated rings. The first kappa shape index (κ1) is 24.4. The summed E-state index contributed by atoms with van der Waals surface area (Å²) in [5, 5.41) is 0. The molecular formula is C27H34N2O4. The molecule has 1 saturated heterocycles. The van der Waals surface area contributed by atoms with Crippen LogP contribution in [0.15, 0.2) is 54.6 Å². The number of hydrogen-bond donors (Lipinski definition) is 0. The van der Waals surface area contributed by atoms with Gasteiger partial charge in [-0.05, 0) is 56.0 Å². The van der Waals surface area contributed by atoms with Crippen molar-refractivity contribution in [2.75, 3.05) is 39.4 Å². The van der Waals surface area contributed by atoms with Crippen molar-refractivity contribution >= 4 is 17.9 Å². The average Bonchev–Trinajstić information content (AvgIpc) is 2.85. The Balaban J connectivity index is 1.45. The highest BCUT2D eigenvalue weighted by Gasteiger charge is 2.22. The molecule has 1 heterocycles. The van der Waals surface area contributed by atoms with Crippen LogP contribution in [0.2, 0.25) is 0 Å². The molecule has 0 aromatic heterocycles. The molecule has 0 N–H and O–H groups in total. The van der Waals surface area contributed by atoms with Crippen LogP contribution in [-0.2, 0) is 16.0 Å². The summed E-state index contributed by atoms with van der Waals surface area (Å²) in [5.41, 5.74) is 2.14. The Kier molecular flexibility index (Phi) is 9.36. The molecule has 176 valence electrons. The Bertz CT molecular complexity index is 934. The van der Waals surface area contributed by atoms with E-state index in [9.17, 15) is 9.59 Å². The van der Waals surface area contributed by atoms with E-state index in [-0.39, 0.29) is 11.8 Å². The van der Waals surface area contributed by atoms with E-state index in [4.69, 9.17) is 9.47 Å². The van der Waals surface area contributed by atoms with Crippen molar-refractivity contribution in [2.45, 2.75) is 33.1 Å². The van der Waals surface area contributed by atoms with Gasteiger partial charge in [0.25, 0.3) is 0 Å². The Morgan fingerprint density at radius 3 is 2.24 bits per heavy atom. The van der Waals surface area contributed by atoms with Crippen molar-refractivity contribution in [3.63, 3.8) is 0 Å². The minimum atomic E-state index is -0.0435. The first-order valence-electron chi connectivity index (χ1n) is 11.8. The van der Waals surface area contributed by atoms with Gasteiger partial charge in [0.1, 0.15) is 0 Å². The van der Waals surface area contributed by atoms with E-state index in [1.807, 2.05) is 55.1 Å².